The molecule has 126 valence electrons. The van der Waals surface area contributed by atoms with Crippen LogP contribution in [0.2, 0.25) is 0 Å². The van der Waals surface area contributed by atoms with E-state index in [1.807, 2.05) is 0 Å². The number of nitrogens with zero attached hydrogens (tertiary/aromatic N) is 1. The Kier molecular flexibility index (Phi) is 4.09. The SMILES string of the molecule is CN1C[C@@H](C(F)(F)F)[C@H](C(=O)NCc2ccc3c(c2)OCO3)C1. The van der Waals surface area contributed by atoms with Gasteiger partial charge in [0.15, 0.2) is 11.5 Å². The summed E-state index contributed by atoms with van der Waals surface area (Å²) in [6, 6.07) is 5.17. The number of carbonyl (C=O) groups excluding carboxylic acids is 1. The molecule has 0 radical (unpaired) electrons. The van der Waals surface area contributed by atoms with E-state index < -0.39 is 23.9 Å². The summed E-state index contributed by atoms with van der Waals surface area (Å²) in [4.78, 5) is 13.7. The Balaban J connectivity index is 1.62. The molecular weight excluding hydrogens is 313 g/mol. The lowest BCUT2D eigenvalue weighted by atomic mass is 9.94. The van der Waals surface area contributed by atoms with E-state index in [9.17, 15) is 18.0 Å². The van der Waals surface area contributed by atoms with Crippen LogP contribution in [0, 0.1) is 11.8 Å². The van der Waals surface area contributed by atoms with Gasteiger partial charge in [0, 0.05) is 19.6 Å². The summed E-state index contributed by atoms with van der Waals surface area (Å²) < 4.78 is 49.5. The Morgan fingerprint density at radius 2 is 2.04 bits per heavy atom. The van der Waals surface area contributed by atoms with Gasteiger partial charge in [-0.15, -0.1) is 0 Å². The summed E-state index contributed by atoms with van der Waals surface area (Å²) in [6.45, 7) is 0.260. The van der Waals surface area contributed by atoms with Crippen LogP contribution in [0.4, 0.5) is 13.2 Å². The fourth-order valence-electron chi connectivity index (χ4n) is 2.97. The zero-order valence-corrected chi connectivity index (χ0v) is 12.5. The van der Waals surface area contributed by atoms with Crippen molar-refractivity contribution < 1.29 is 27.4 Å². The summed E-state index contributed by atoms with van der Waals surface area (Å²) in [5.74, 6) is -2.08. The molecule has 0 aromatic heterocycles. The van der Waals surface area contributed by atoms with Gasteiger partial charge in [0.25, 0.3) is 0 Å². The molecule has 0 unspecified atom stereocenters. The Morgan fingerprint density at radius 3 is 2.78 bits per heavy atom. The minimum absolute atomic E-state index is 0.108. The van der Waals surface area contributed by atoms with Crippen LogP contribution in [0.5, 0.6) is 11.5 Å². The first-order valence-electron chi connectivity index (χ1n) is 7.26. The van der Waals surface area contributed by atoms with Gasteiger partial charge in [-0.25, -0.2) is 0 Å². The van der Waals surface area contributed by atoms with Crippen molar-refractivity contribution in [3.8, 4) is 11.5 Å². The third-order valence-electron chi connectivity index (χ3n) is 4.16. The van der Waals surface area contributed by atoms with Gasteiger partial charge >= 0.3 is 6.18 Å². The third-order valence-corrected chi connectivity index (χ3v) is 4.16. The molecule has 2 heterocycles. The summed E-state index contributed by atoms with van der Waals surface area (Å²) in [5.41, 5.74) is 0.748. The van der Waals surface area contributed by atoms with E-state index in [1.165, 1.54) is 4.90 Å². The van der Waals surface area contributed by atoms with Crippen molar-refractivity contribution >= 4 is 5.91 Å². The number of amides is 1. The van der Waals surface area contributed by atoms with Gasteiger partial charge in [-0.1, -0.05) is 6.07 Å². The van der Waals surface area contributed by atoms with E-state index in [0.717, 1.165) is 5.56 Å². The molecule has 0 saturated carbocycles. The number of carbonyl (C=O) groups is 1. The summed E-state index contributed by atoms with van der Waals surface area (Å²) in [6.07, 6.45) is -4.37. The minimum Gasteiger partial charge on any atom is -0.454 e. The lowest BCUT2D eigenvalue weighted by Crippen LogP contribution is -2.39. The van der Waals surface area contributed by atoms with Gasteiger partial charge in [-0.3, -0.25) is 4.79 Å². The molecule has 1 fully saturated rings. The Bertz CT molecular complexity index is 606. The first kappa shape index (κ1) is 15.9. The van der Waals surface area contributed by atoms with Gasteiger partial charge in [0.2, 0.25) is 12.7 Å². The highest BCUT2D eigenvalue weighted by atomic mass is 19.4. The van der Waals surface area contributed by atoms with E-state index in [4.69, 9.17) is 9.47 Å². The summed E-state index contributed by atoms with van der Waals surface area (Å²) in [7, 11) is 1.59. The van der Waals surface area contributed by atoms with Crippen molar-refractivity contribution in [2.24, 2.45) is 11.8 Å². The molecule has 2 aliphatic heterocycles. The third kappa shape index (κ3) is 3.36. The number of benzene rings is 1. The highest BCUT2D eigenvalue weighted by Crippen LogP contribution is 2.37. The number of nitrogens with one attached hydrogen (secondary N) is 1. The lowest BCUT2D eigenvalue weighted by Gasteiger charge is -2.20. The molecule has 2 atom stereocenters. The van der Waals surface area contributed by atoms with Crippen LogP contribution in [0.15, 0.2) is 18.2 Å². The molecule has 1 N–H and O–H groups in total. The predicted octanol–water partition coefficient (Wildman–Crippen LogP) is 1.77. The van der Waals surface area contributed by atoms with Crippen LogP contribution in [-0.2, 0) is 11.3 Å². The second-order valence-electron chi connectivity index (χ2n) is 5.88. The number of alkyl halides is 3. The molecule has 23 heavy (non-hydrogen) atoms. The van der Waals surface area contributed by atoms with Gasteiger partial charge < -0.3 is 19.7 Å². The molecular formula is C15H17F3N2O3. The minimum atomic E-state index is -4.37. The average molecular weight is 330 g/mol. The first-order chi connectivity index (χ1) is 10.8. The number of halogens is 3. The summed E-state index contributed by atoms with van der Waals surface area (Å²) >= 11 is 0. The Morgan fingerprint density at radius 1 is 1.30 bits per heavy atom. The van der Waals surface area contributed by atoms with Gasteiger partial charge in [-0.05, 0) is 24.7 Å². The van der Waals surface area contributed by atoms with Crippen molar-refractivity contribution in [1.82, 2.24) is 10.2 Å². The number of ether oxygens (including phenoxy) is 2. The highest BCUT2D eigenvalue weighted by molar-refractivity contribution is 5.79. The molecule has 8 heteroatoms. The van der Waals surface area contributed by atoms with Crippen molar-refractivity contribution in [2.75, 3.05) is 26.9 Å². The van der Waals surface area contributed by atoms with E-state index in [0.29, 0.717) is 11.5 Å². The number of hydrogen-bond acceptors (Lipinski definition) is 4. The van der Waals surface area contributed by atoms with Gasteiger partial charge in [-0.2, -0.15) is 13.2 Å². The molecule has 3 rings (SSSR count). The van der Waals surface area contributed by atoms with Crippen LogP contribution in [0.1, 0.15) is 5.56 Å². The predicted molar refractivity (Wildman–Crippen MR) is 74.9 cm³/mol. The highest BCUT2D eigenvalue weighted by Gasteiger charge is 2.51. The number of likely N-dealkylation sites (tertiary alicyclic amines) is 1. The number of fused-ring (bicyclic) bond motifs is 1. The largest absolute Gasteiger partial charge is 0.454 e. The van der Waals surface area contributed by atoms with Crippen LogP contribution in [0.3, 0.4) is 0 Å². The van der Waals surface area contributed by atoms with E-state index in [2.05, 4.69) is 5.32 Å². The Labute approximate surface area is 131 Å². The normalized spacial score (nSPS) is 24.0. The molecule has 5 nitrogen and oxygen atoms in total. The second kappa shape index (κ2) is 5.92. The quantitative estimate of drug-likeness (QED) is 0.918. The van der Waals surface area contributed by atoms with Crippen LogP contribution >= 0.6 is 0 Å². The topological polar surface area (TPSA) is 50.8 Å². The van der Waals surface area contributed by atoms with Gasteiger partial charge in [0.1, 0.15) is 0 Å². The molecule has 1 aromatic rings. The molecule has 1 saturated heterocycles. The Hall–Kier alpha value is -1.96. The smallest absolute Gasteiger partial charge is 0.393 e. The fourth-order valence-corrected chi connectivity index (χ4v) is 2.97. The van der Waals surface area contributed by atoms with E-state index in [-0.39, 0.29) is 26.4 Å². The maximum Gasteiger partial charge on any atom is 0.393 e. The van der Waals surface area contributed by atoms with Crippen molar-refractivity contribution in [3.05, 3.63) is 23.8 Å². The maximum absolute atomic E-state index is 13.0. The van der Waals surface area contributed by atoms with Crippen LogP contribution in [-0.4, -0.2) is 43.9 Å². The van der Waals surface area contributed by atoms with E-state index >= 15 is 0 Å². The van der Waals surface area contributed by atoms with E-state index in [1.54, 1.807) is 25.2 Å². The van der Waals surface area contributed by atoms with Crippen molar-refractivity contribution in [2.45, 2.75) is 12.7 Å². The lowest BCUT2D eigenvalue weighted by molar-refractivity contribution is -0.183. The molecule has 2 aliphatic rings. The molecule has 0 aliphatic carbocycles. The molecule has 0 spiro atoms. The number of rotatable bonds is 3. The summed E-state index contributed by atoms with van der Waals surface area (Å²) in [5, 5.41) is 2.59. The number of hydrogen-bond donors (Lipinski definition) is 1. The van der Waals surface area contributed by atoms with Crippen LogP contribution < -0.4 is 14.8 Å². The monoisotopic (exact) mass is 330 g/mol. The zero-order valence-electron chi connectivity index (χ0n) is 12.5. The van der Waals surface area contributed by atoms with Crippen molar-refractivity contribution in [1.29, 1.82) is 0 Å². The van der Waals surface area contributed by atoms with Gasteiger partial charge in [0.05, 0.1) is 11.8 Å². The molecule has 0 bridgehead atoms. The van der Waals surface area contributed by atoms with Crippen LogP contribution in [0.25, 0.3) is 0 Å². The molecule has 1 aromatic carbocycles. The maximum atomic E-state index is 13.0. The second-order valence-corrected chi connectivity index (χ2v) is 5.88. The average Bonchev–Trinajstić information content (AvgIpc) is 3.09. The van der Waals surface area contributed by atoms with Crippen molar-refractivity contribution in [3.63, 3.8) is 0 Å². The zero-order chi connectivity index (χ0) is 16.6. The first-order valence-corrected chi connectivity index (χ1v) is 7.26. The molecule has 1 amide bonds. The standard InChI is InChI=1S/C15H17F3N2O3/c1-20-6-10(11(7-20)15(16,17)18)14(21)19-5-9-2-3-12-13(4-9)23-8-22-12/h2-4,10-11H,5-8H2,1H3,(H,19,21)/t10-,11-/m1/s1. The fraction of sp³-hybridized carbons (Fsp3) is 0.533.